The molecule has 1 aromatic carbocycles. The van der Waals surface area contributed by atoms with Crippen LogP contribution in [0.2, 0.25) is 0 Å². The molecule has 0 radical (unpaired) electrons. The number of hydrogen-bond acceptors (Lipinski definition) is 0. The summed E-state index contributed by atoms with van der Waals surface area (Å²) >= 11 is 0. The minimum atomic E-state index is 0. The standard InChI is InChI=1S/C10H15.2C3H9P.CH3.Fe/c1-6-7(2)9(4)10(5)8(6)3;2*1-4(2)3;;/h1-5H3;2*1-3H3;1H3;/q-1;;;-1;+6/p+2. The average molecular weight is 360 g/mol. The molecule has 0 heterocycles. The molecule has 0 bridgehead atoms. The largest absolute Gasteiger partial charge is 6.00 e. The molecule has 0 atom stereocenters. The Kier molecular flexibility index (Phi) is 21.1. The van der Waals surface area contributed by atoms with Crippen molar-refractivity contribution < 1.29 is 17.1 Å². The van der Waals surface area contributed by atoms with Crippen molar-refractivity contribution in [3.05, 3.63) is 35.2 Å². The van der Waals surface area contributed by atoms with Gasteiger partial charge in [0.1, 0.15) is 0 Å². The van der Waals surface area contributed by atoms with Crippen LogP contribution in [0.4, 0.5) is 0 Å². The van der Waals surface area contributed by atoms with Crippen LogP contribution in [-0.2, 0) is 17.1 Å². The molecular weight excluding hydrogens is 322 g/mol. The quantitative estimate of drug-likeness (QED) is 0.322. The number of hydrogen-bond donors (Lipinski definition) is 0. The van der Waals surface area contributed by atoms with E-state index in [-0.39, 0.29) is 40.3 Å². The molecule has 0 aromatic heterocycles. The first-order valence-corrected chi connectivity index (χ1v) is 12.8. The Balaban J connectivity index is -0.000000110. The molecule has 0 spiro atoms. The van der Waals surface area contributed by atoms with Crippen molar-refractivity contribution in [2.24, 2.45) is 0 Å². The van der Waals surface area contributed by atoms with E-state index in [0.717, 1.165) is 0 Å². The molecule has 3 heteroatoms. The Morgan fingerprint density at radius 1 is 0.650 bits per heavy atom. The van der Waals surface area contributed by atoms with Crippen LogP contribution in [0.15, 0.2) is 0 Å². The maximum atomic E-state index is 2.27. The molecule has 0 unspecified atom stereocenters. The molecule has 0 aliphatic carbocycles. The van der Waals surface area contributed by atoms with Crippen LogP contribution in [-0.4, -0.2) is 40.0 Å². The Hall–Kier alpha value is 0.729. The summed E-state index contributed by atoms with van der Waals surface area (Å²) in [6.07, 6.45) is 0. The molecule has 1 rings (SSSR count). The molecule has 0 N–H and O–H groups in total. The van der Waals surface area contributed by atoms with E-state index >= 15 is 0 Å². The molecule has 20 heavy (non-hydrogen) atoms. The van der Waals surface area contributed by atoms with Crippen molar-refractivity contribution in [3.8, 4) is 0 Å². The summed E-state index contributed by atoms with van der Waals surface area (Å²) in [5.74, 6) is 0. The van der Waals surface area contributed by atoms with Gasteiger partial charge in [-0.05, 0) is 15.8 Å². The van der Waals surface area contributed by atoms with E-state index in [1.54, 1.807) is 0 Å². The van der Waals surface area contributed by atoms with Crippen LogP contribution >= 0.6 is 15.8 Å². The van der Waals surface area contributed by atoms with Crippen molar-refractivity contribution in [2.75, 3.05) is 40.0 Å². The predicted molar refractivity (Wildman–Crippen MR) is 104 cm³/mol. The van der Waals surface area contributed by atoms with Gasteiger partial charge in [0.15, 0.2) is 0 Å². The zero-order valence-electron chi connectivity index (χ0n) is 15.9. The molecule has 0 nitrogen and oxygen atoms in total. The summed E-state index contributed by atoms with van der Waals surface area (Å²) in [6.45, 7) is 24.6. The van der Waals surface area contributed by atoms with E-state index in [2.05, 4.69) is 74.6 Å². The smallest absolute Gasteiger partial charge is 0.358 e. The molecule has 0 aliphatic heterocycles. The first-order valence-electron chi connectivity index (χ1n) is 6.75. The summed E-state index contributed by atoms with van der Waals surface area (Å²) in [7, 11) is 0.241. The molecule has 0 fully saturated rings. The minimum absolute atomic E-state index is 0. The van der Waals surface area contributed by atoms with E-state index in [9.17, 15) is 0 Å². The van der Waals surface area contributed by atoms with Gasteiger partial charge < -0.3 is 7.43 Å². The van der Waals surface area contributed by atoms with Gasteiger partial charge in [-0.15, -0.1) is 0 Å². The SMILES string of the molecule is C[PH+](C)C.C[PH+](C)C.Cc1c(C)c(C)[c-](C)c1C.[CH3-].[Fe+6]. The van der Waals surface area contributed by atoms with Gasteiger partial charge in [-0.1, -0.05) is 34.6 Å². The van der Waals surface area contributed by atoms with Crippen molar-refractivity contribution in [1.82, 2.24) is 0 Å². The van der Waals surface area contributed by atoms with Gasteiger partial charge in [-0.3, -0.25) is 0 Å². The Morgan fingerprint density at radius 2 is 0.800 bits per heavy atom. The fraction of sp³-hybridized carbons (Fsp3) is 0.647. The summed E-state index contributed by atoms with van der Waals surface area (Å²) in [5.41, 5.74) is 7.34. The summed E-state index contributed by atoms with van der Waals surface area (Å²) in [4.78, 5) is 0. The molecular formula is C17H38FeP2+6. The Labute approximate surface area is 142 Å². The van der Waals surface area contributed by atoms with E-state index in [0.29, 0.717) is 0 Å². The average Bonchev–Trinajstić information content (AvgIpc) is 2.35. The Bertz CT molecular complexity index is 247. The second kappa shape index (κ2) is 14.7. The van der Waals surface area contributed by atoms with E-state index < -0.39 is 0 Å². The van der Waals surface area contributed by atoms with Crippen molar-refractivity contribution in [1.29, 1.82) is 0 Å². The predicted octanol–water partition coefficient (Wildman–Crippen LogP) is 5.58. The third-order valence-electron chi connectivity index (χ3n) is 2.81. The van der Waals surface area contributed by atoms with Crippen molar-refractivity contribution in [3.63, 3.8) is 0 Å². The van der Waals surface area contributed by atoms with Crippen LogP contribution in [0, 0.1) is 42.0 Å². The van der Waals surface area contributed by atoms with E-state index in [1.165, 1.54) is 27.8 Å². The maximum Gasteiger partial charge on any atom is 6.00 e. The monoisotopic (exact) mass is 360 g/mol. The topological polar surface area (TPSA) is 0 Å². The molecule has 0 saturated carbocycles. The van der Waals surface area contributed by atoms with Crippen LogP contribution < -0.4 is 0 Å². The number of rotatable bonds is 0. The normalized spacial score (nSPS) is 8.85. The van der Waals surface area contributed by atoms with Crippen LogP contribution in [0.1, 0.15) is 27.8 Å². The molecule has 118 valence electrons. The minimum Gasteiger partial charge on any atom is -0.358 e. The van der Waals surface area contributed by atoms with Gasteiger partial charge in [0.2, 0.25) is 0 Å². The Morgan fingerprint density at radius 3 is 0.850 bits per heavy atom. The summed E-state index contributed by atoms with van der Waals surface area (Å²) < 4.78 is 0. The van der Waals surface area contributed by atoms with E-state index in [4.69, 9.17) is 0 Å². The van der Waals surface area contributed by atoms with Gasteiger partial charge in [0.05, 0.1) is 0 Å². The van der Waals surface area contributed by atoms with Gasteiger partial charge in [-0.25, -0.2) is 0 Å². The van der Waals surface area contributed by atoms with Crippen LogP contribution in [0.25, 0.3) is 0 Å². The van der Waals surface area contributed by atoms with Gasteiger partial charge in [0, 0.05) is 40.0 Å². The van der Waals surface area contributed by atoms with Crippen molar-refractivity contribution in [2.45, 2.75) is 34.6 Å². The van der Waals surface area contributed by atoms with Gasteiger partial charge in [0.25, 0.3) is 0 Å². The molecule has 0 saturated heterocycles. The molecule has 1 aromatic rings. The second-order valence-electron chi connectivity index (χ2n) is 6.12. The zero-order chi connectivity index (χ0) is 15.0. The van der Waals surface area contributed by atoms with Crippen LogP contribution in [0.5, 0.6) is 0 Å². The summed E-state index contributed by atoms with van der Waals surface area (Å²) in [5, 5.41) is 0. The van der Waals surface area contributed by atoms with Crippen LogP contribution in [0.3, 0.4) is 0 Å². The maximum absolute atomic E-state index is 2.27. The first-order chi connectivity index (χ1) is 8.02. The van der Waals surface area contributed by atoms with Gasteiger partial charge in [-0.2, -0.15) is 27.8 Å². The third kappa shape index (κ3) is 13.7. The second-order valence-corrected chi connectivity index (χ2v) is 12.1. The fourth-order valence-corrected chi connectivity index (χ4v) is 1.41. The fourth-order valence-electron chi connectivity index (χ4n) is 1.41. The zero-order valence-corrected chi connectivity index (χ0v) is 19.0. The molecule has 0 amide bonds. The van der Waals surface area contributed by atoms with Gasteiger partial charge >= 0.3 is 17.1 Å². The first kappa shape index (κ1) is 28.8. The third-order valence-corrected chi connectivity index (χ3v) is 2.81. The molecule has 0 aliphatic rings. The van der Waals surface area contributed by atoms with Crippen molar-refractivity contribution >= 4 is 15.8 Å². The summed E-state index contributed by atoms with van der Waals surface area (Å²) in [6, 6.07) is 0. The van der Waals surface area contributed by atoms with E-state index in [1.807, 2.05) is 0 Å².